The van der Waals surface area contributed by atoms with Crippen molar-refractivity contribution >= 4 is 0 Å². The summed E-state index contributed by atoms with van der Waals surface area (Å²) in [5, 5.41) is 0. The second-order valence-electron chi connectivity index (χ2n) is 3.52. The standard InChI is InChI=1S/C7H14FN/c1-7(2,8)4-6-5-9(6)3/h6H,4-5H2,1-3H3. The molecular formula is C7H14FN. The number of hydrogen-bond acceptors (Lipinski definition) is 1. The van der Waals surface area contributed by atoms with E-state index in [1.807, 2.05) is 7.05 Å². The third-order valence-electron chi connectivity index (χ3n) is 1.71. The van der Waals surface area contributed by atoms with Gasteiger partial charge >= 0.3 is 0 Å². The highest BCUT2D eigenvalue weighted by Gasteiger charge is 2.35. The van der Waals surface area contributed by atoms with Gasteiger partial charge in [-0.1, -0.05) is 0 Å². The molecule has 2 heteroatoms. The smallest absolute Gasteiger partial charge is 0.107 e. The van der Waals surface area contributed by atoms with Crippen molar-refractivity contribution in [2.24, 2.45) is 0 Å². The molecule has 0 N–H and O–H groups in total. The minimum Gasteiger partial charge on any atom is -0.300 e. The van der Waals surface area contributed by atoms with Gasteiger partial charge in [-0.25, -0.2) is 4.39 Å². The minimum absolute atomic E-state index is 0.519. The van der Waals surface area contributed by atoms with Crippen molar-refractivity contribution in [1.29, 1.82) is 0 Å². The van der Waals surface area contributed by atoms with E-state index in [9.17, 15) is 4.39 Å². The summed E-state index contributed by atoms with van der Waals surface area (Å²) in [6, 6.07) is 0.519. The van der Waals surface area contributed by atoms with Crippen LogP contribution in [0.25, 0.3) is 0 Å². The summed E-state index contributed by atoms with van der Waals surface area (Å²) in [5.41, 5.74) is -0.977. The Morgan fingerprint density at radius 3 is 2.22 bits per heavy atom. The maximum absolute atomic E-state index is 12.8. The fraction of sp³-hybridized carbons (Fsp3) is 1.00. The zero-order valence-corrected chi connectivity index (χ0v) is 6.32. The molecule has 1 saturated heterocycles. The molecule has 9 heavy (non-hydrogen) atoms. The molecule has 0 saturated carbocycles. The fourth-order valence-electron chi connectivity index (χ4n) is 1.07. The Morgan fingerprint density at radius 2 is 2.11 bits per heavy atom. The zero-order valence-electron chi connectivity index (χ0n) is 6.32. The molecule has 0 aliphatic carbocycles. The molecule has 1 heterocycles. The lowest BCUT2D eigenvalue weighted by Crippen LogP contribution is -2.16. The maximum atomic E-state index is 12.8. The maximum Gasteiger partial charge on any atom is 0.107 e. The molecule has 1 aliphatic heterocycles. The van der Waals surface area contributed by atoms with E-state index >= 15 is 0 Å². The molecule has 0 aromatic carbocycles. The first-order valence-corrected chi connectivity index (χ1v) is 3.38. The van der Waals surface area contributed by atoms with E-state index in [0.717, 1.165) is 6.54 Å². The lowest BCUT2D eigenvalue weighted by Gasteiger charge is -2.11. The van der Waals surface area contributed by atoms with Gasteiger partial charge in [0.25, 0.3) is 0 Å². The van der Waals surface area contributed by atoms with Gasteiger partial charge in [0, 0.05) is 12.6 Å². The molecular weight excluding hydrogens is 117 g/mol. The van der Waals surface area contributed by atoms with Crippen LogP contribution in [0.5, 0.6) is 0 Å². The monoisotopic (exact) mass is 131 g/mol. The first kappa shape index (κ1) is 7.00. The molecule has 0 bridgehead atoms. The summed E-state index contributed by atoms with van der Waals surface area (Å²) in [5.74, 6) is 0. The molecule has 0 aromatic rings. The Labute approximate surface area is 55.8 Å². The molecule has 0 amide bonds. The van der Waals surface area contributed by atoms with Crippen LogP contribution in [0.2, 0.25) is 0 Å². The van der Waals surface area contributed by atoms with Gasteiger partial charge in [-0.05, 0) is 27.3 Å². The van der Waals surface area contributed by atoms with Gasteiger partial charge in [-0.2, -0.15) is 0 Å². The first-order valence-electron chi connectivity index (χ1n) is 3.38. The Balaban J connectivity index is 2.19. The summed E-state index contributed by atoms with van der Waals surface area (Å²) in [6.45, 7) is 4.35. The topological polar surface area (TPSA) is 3.01 Å². The predicted octanol–water partition coefficient (Wildman–Crippen LogP) is 1.44. The largest absolute Gasteiger partial charge is 0.300 e. The molecule has 1 rings (SSSR count). The third-order valence-corrected chi connectivity index (χ3v) is 1.71. The number of halogens is 1. The van der Waals surface area contributed by atoms with E-state index in [4.69, 9.17) is 0 Å². The van der Waals surface area contributed by atoms with Gasteiger partial charge in [0.2, 0.25) is 0 Å². The third kappa shape index (κ3) is 2.31. The second-order valence-corrected chi connectivity index (χ2v) is 3.52. The van der Waals surface area contributed by atoms with Gasteiger partial charge in [0.1, 0.15) is 5.67 Å². The normalized spacial score (nSPS) is 34.7. The molecule has 1 nitrogen and oxygen atoms in total. The van der Waals surface area contributed by atoms with Crippen LogP contribution >= 0.6 is 0 Å². The average molecular weight is 131 g/mol. The molecule has 1 fully saturated rings. The molecule has 0 radical (unpaired) electrons. The van der Waals surface area contributed by atoms with Gasteiger partial charge in [-0.3, -0.25) is 0 Å². The fourth-order valence-corrected chi connectivity index (χ4v) is 1.07. The Hall–Kier alpha value is -0.110. The van der Waals surface area contributed by atoms with Crippen LogP contribution in [0.15, 0.2) is 0 Å². The van der Waals surface area contributed by atoms with Crippen molar-refractivity contribution in [3.05, 3.63) is 0 Å². The highest BCUT2D eigenvalue weighted by molar-refractivity contribution is 4.90. The summed E-state index contributed by atoms with van der Waals surface area (Å²) in [6.07, 6.45) is 0.684. The van der Waals surface area contributed by atoms with Crippen LogP contribution in [-0.4, -0.2) is 30.2 Å². The number of hydrogen-bond donors (Lipinski definition) is 0. The summed E-state index contributed by atoms with van der Waals surface area (Å²) in [7, 11) is 2.02. The Morgan fingerprint density at radius 1 is 1.67 bits per heavy atom. The molecule has 2 unspecified atom stereocenters. The second kappa shape index (κ2) is 1.94. The van der Waals surface area contributed by atoms with Gasteiger partial charge in [-0.15, -0.1) is 0 Å². The van der Waals surface area contributed by atoms with Crippen LogP contribution < -0.4 is 0 Å². The van der Waals surface area contributed by atoms with Gasteiger partial charge in [0.05, 0.1) is 0 Å². The van der Waals surface area contributed by atoms with Crippen molar-refractivity contribution in [2.45, 2.75) is 32.0 Å². The first-order chi connectivity index (χ1) is 3.99. The van der Waals surface area contributed by atoms with E-state index < -0.39 is 5.67 Å². The predicted molar refractivity (Wildman–Crippen MR) is 36.2 cm³/mol. The van der Waals surface area contributed by atoms with Crippen LogP contribution in [0.4, 0.5) is 4.39 Å². The van der Waals surface area contributed by atoms with Crippen LogP contribution in [0.3, 0.4) is 0 Å². The van der Waals surface area contributed by atoms with E-state index in [0.29, 0.717) is 12.5 Å². The SMILES string of the molecule is CN1CC1CC(C)(C)F. The van der Waals surface area contributed by atoms with Crippen LogP contribution in [0, 0.1) is 0 Å². The summed E-state index contributed by atoms with van der Waals surface area (Å²) < 4.78 is 12.8. The van der Waals surface area contributed by atoms with E-state index in [1.165, 1.54) is 0 Å². The summed E-state index contributed by atoms with van der Waals surface area (Å²) in [4.78, 5) is 2.15. The highest BCUT2D eigenvalue weighted by Crippen LogP contribution is 2.26. The lowest BCUT2D eigenvalue weighted by molar-refractivity contribution is 0.195. The van der Waals surface area contributed by atoms with E-state index in [-0.39, 0.29) is 0 Å². The van der Waals surface area contributed by atoms with E-state index in [1.54, 1.807) is 13.8 Å². The number of likely N-dealkylation sites (N-methyl/N-ethyl adjacent to an activating group) is 1. The zero-order chi connectivity index (χ0) is 7.07. The molecule has 1 aliphatic rings. The number of alkyl halides is 1. The van der Waals surface area contributed by atoms with Gasteiger partial charge in [0.15, 0.2) is 0 Å². The van der Waals surface area contributed by atoms with Crippen LogP contribution in [-0.2, 0) is 0 Å². The molecule has 54 valence electrons. The molecule has 0 aromatic heterocycles. The average Bonchev–Trinajstić information content (AvgIpc) is 2.13. The van der Waals surface area contributed by atoms with E-state index in [2.05, 4.69) is 4.90 Å². The molecule has 0 spiro atoms. The Bertz CT molecular complexity index is 106. The quantitative estimate of drug-likeness (QED) is 0.512. The summed E-state index contributed by atoms with van der Waals surface area (Å²) >= 11 is 0. The Kier molecular flexibility index (Phi) is 1.51. The number of nitrogens with zero attached hydrogens (tertiary/aromatic N) is 1. The van der Waals surface area contributed by atoms with Crippen molar-refractivity contribution < 1.29 is 4.39 Å². The van der Waals surface area contributed by atoms with Crippen molar-refractivity contribution in [2.75, 3.05) is 13.6 Å². The number of rotatable bonds is 2. The lowest BCUT2D eigenvalue weighted by atomic mass is 10.1. The van der Waals surface area contributed by atoms with Gasteiger partial charge < -0.3 is 4.90 Å². The highest BCUT2D eigenvalue weighted by atomic mass is 19.1. The molecule has 2 atom stereocenters. The van der Waals surface area contributed by atoms with Crippen molar-refractivity contribution in [3.63, 3.8) is 0 Å². The van der Waals surface area contributed by atoms with Crippen molar-refractivity contribution in [1.82, 2.24) is 4.90 Å². The minimum atomic E-state index is -0.977. The van der Waals surface area contributed by atoms with Crippen LogP contribution in [0.1, 0.15) is 20.3 Å². The van der Waals surface area contributed by atoms with Crippen molar-refractivity contribution in [3.8, 4) is 0 Å².